The van der Waals surface area contributed by atoms with Crippen molar-refractivity contribution in [2.24, 2.45) is 0 Å². The lowest BCUT2D eigenvalue weighted by Crippen LogP contribution is -2.53. The molecule has 2 amide bonds. The van der Waals surface area contributed by atoms with Gasteiger partial charge in [0.05, 0.1) is 0 Å². The average Bonchev–Trinajstić information content (AvgIpc) is 3.20. The Bertz CT molecular complexity index is 884. The molecule has 0 atom stereocenters. The lowest BCUT2D eigenvalue weighted by molar-refractivity contribution is -0.126. The molecule has 0 unspecified atom stereocenters. The molecule has 2 aliphatic rings. The van der Waals surface area contributed by atoms with Crippen LogP contribution in [0.1, 0.15) is 56.1 Å². The van der Waals surface area contributed by atoms with E-state index in [9.17, 15) is 9.59 Å². The molecule has 1 heterocycles. The quantitative estimate of drug-likeness (QED) is 0.741. The Morgan fingerprint density at radius 1 is 0.967 bits per heavy atom. The van der Waals surface area contributed by atoms with Gasteiger partial charge in [-0.2, -0.15) is 0 Å². The normalized spacial score (nSPS) is 18.3. The van der Waals surface area contributed by atoms with Gasteiger partial charge in [0.1, 0.15) is 5.54 Å². The van der Waals surface area contributed by atoms with E-state index in [1.165, 1.54) is 12.0 Å². The summed E-state index contributed by atoms with van der Waals surface area (Å²) in [4.78, 5) is 27.0. The molecule has 0 aromatic heterocycles. The van der Waals surface area contributed by atoms with E-state index in [1.807, 2.05) is 29.2 Å². The molecule has 0 bridgehead atoms. The molecule has 5 nitrogen and oxygen atoms in total. The van der Waals surface area contributed by atoms with E-state index >= 15 is 0 Å². The van der Waals surface area contributed by atoms with Gasteiger partial charge in [-0.15, -0.1) is 0 Å². The number of anilines is 2. The lowest BCUT2D eigenvalue weighted by Gasteiger charge is -2.37. The van der Waals surface area contributed by atoms with Gasteiger partial charge in [-0.05, 0) is 56.0 Å². The number of carbonyl (C=O) groups is 2. The highest BCUT2D eigenvalue weighted by atomic mass is 16.2. The second-order valence-electron chi connectivity index (χ2n) is 8.63. The standard InChI is InChI=1S/C25H31N3O2/c1-19-7-11-21(12-8-19)27-25(15-3-2-4-16-25)24(30)26-18-20-9-13-22(14-10-20)28-17-5-6-23(28)29/h7-14,27H,2-6,15-18H2,1H3,(H,26,30). The van der Waals surface area contributed by atoms with Gasteiger partial charge in [0, 0.05) is 30.9 Å². The van der Waals surface area contributed by atoms with E-state index in [4.69, 9.17) is 0 Å². The van der Waals surface area contributed by atoms with Crippen LogP contribution in [-0.2, 0) is 16.1 Å². The summed E-state index contributed by atoms with van der Waals surface area (Å²) in [5.74, 6) is 0.263. The SMILES string of the molecule is Cc1ccc(NC2(C(=O)NCc3ccc(N4CCCC4=O)cc3)CCCCC2)cc1. The number of benzene rings is 2. The van der Waals surface area contributed by atoms with Crippen molar-refractivity contribution in [3.63, 3.8) is 0 Å². The minimum atomic E-state index is -0.546. The van der Waals surface area contributed by atoms with E-state index in [0.717, 1.165) is 55.6 Å². The smallest absolute Gasteiger partial charge is 0.245 e. The lowest BCUT2D eigenvalue weighted by atomic mass is 9.80. The molecule has 0 spiro atoms. The Morgan fingerprint density at radius 2 is 1.67 bits per heavy atom. The van der Waals surface area contributed by atoms with Crippen LogP contribution < -0.4 is 15.5 Å². The first-order chi connectivity index (χ1) is 14.6. The van der Waals surface area contributed by atoms with Crippen LogP contribution in [0, 0.1) is 6.92 Å². The Kier molecular flexibility index (Phi) is 6.07. The monoisotopic (exact) mass is 405 g/mol. The number of carbonyl (C=O) groups excluding carboxylic acids is 2. The molecule has 1 aliphatic carbocycles. The van der Waals surface area contributed by atoms with Crippen molar-refractivity contribution in [2.45, 2.75) is 64.0 Å². The number of rotatable bonds is 6. The minimum absolute atomic E-state index is 0.0709. The second-order valence-corrected chi connectivity index (χ2v) is 8.63. The number of amides is 2. The van der Waals surface area contributed by atoms with Gasteiger partial charge in [-0.1, -0.05) is 49.1 Å². The van der Waals surface area contributed by atoms with Crippen molar-refractivity contribution in [3.05, 3.63) is 59.7 Å². The summed E-state index contributed by atoms with van der Waals surface area (Å²) in [6, 6.07) is 16.2. The molecule has 2 fully saturated rings. The van der Waals surface area contributed by atoms with Gasteiger partial charge in [0.15, 0.2) is 0 Å². The minimum Gasteiger partial charge on any atom is -0.371 e. The first-order valence-corrected chi connectivity index (χ1v) is 11.1. The van der Waals surface area contributed by atoms with Gasteiger partial charge in [-0.3, -0.25) is 9.59 Å². The third kappa shape index (κ3) is 4.50. The molecule has 2 N–H and O–H groups in total. The van der Waals surface area contributed by atoms with Gasteiger partial charge in [0.25, 0.3) is 0 Å². The third-order valence-corrected chi connectivity index (χ3v) is 6.35. The van der Waals surface area contributed by atoms with Crippen molar-refractivity contribution < 1.29 is 9.59 Å². The Morgan fingerprint density at radius 3 is 2.30 bits per heavy atom. The topological polar surface area (TPSA) is 61.4 Å². The maximum absolute atomic E-state index is 13.3. The summed E-state index contributed by atoms with van der Waals surface area (Å²) >= 11 is 0. The molecule has 4 rings (SSSR count). The molecule has 5 heteroatoms. The fourth-order valence-corrected chi connectivity index (χ4v) is 4.54. The van der Waals surface area contributed by atoms with E-state index in [2.05, 4.69) is 41.8 Å². The van der Waals surface area contributed by atoms with Crippen LogP contribution in [0.15, 0.2) is 48.5 Å². The maximum atomic E-state index is 13.3. The van der Waals surface area contributed by atoms with Crippen molar-refractivity contribution in [2.75, 3.05) is 16.8 Å². The predicted molar refractivity (Wildman–Crippen MR) is 120 cm³/mol. The van der Waals surface area contributed by atoms with Crippen molar-refractivity contribution >= 4 is 23.2 Å². The van der Waals surface area contributed by atoms with E-state index < -0.39 is 5.54 Å². The van der Waals surface area contributed by atoms with Crippen molar-refractivity contribution in [1.82, 2.24) is 5.32 Å². The summed E-state index contributed by atoms with van der Waals surface area (Å²) in [7, 11) is 0. The largest absolute Gasteiger partial charge is 0.371 e. The zero-order chi connectivity index (χ0) is 21.0. The molecule has 2 aromatic rings. The highest BCUT2D eigenvalue weighted by Crippen LogP contribution is 2.32. The molecule has 1 aliphatic heterocycles. The molecular formula is C25H31N3O2. The summed E-state index contributed by atoms with van der Waals surface area (Å²) in [5.41, 5.74) is 3.64. The van der Waals surface area contributed by atoms with Gasteiger partial charge in [0.2, 0.25) is 11.8 Å². The molecule has 0 radical (unpaired) electrons. The van der Waals surface area contributed by atoms with Crippen LogP contribution >= 0.6 is 0 Å². The molecule has 1 saturated heterocycles. The summed E-state index contributed by atoms with van der Waals surface area (Å²) in [6.07, 6.45) is 6.56. The summed E-state index contributed by atoms with van der Waals surface area (Å²) < 4.78 is 0. The Balaban J connectivity index is 1.41. The fourth-order valence-electron chi connectivity index (χ4n) is 4.54. The first-order valence-electron chi connectivity index (χ1n) is 11.1. The highest BCUT2D eigenvalue weighted by Gasteiger charge is 2.39. The van der Waals surface area contributed by atoms with Crippen LogP contribution in [0.3, 0.4) is 0 Å². The van der Waals surface area contributed by atoms with Gasteiger partial charge < -0.3 is 15.5 Å². The second kappa shape index (κ2) is 8.90. The molecule has 1 saturated carbocycles. The zero-order valence-corrected chi connectivity index (χ0v) is 17.7. The fraction of sp³-hybridized carbons (Fsp3) is 0.440. The van der Waals surface area contributed by atoms with E-state index in [0.29, 0.717) is 13.0 Å². The van der Waals surface area contributed by atoms with Crippen LogP contribution in [-0.4, -0.2) is 23.9 Å². The Hall–Kier alpha value is -2.82. The number of nitrogens with zero attached hydrogens (tertiary/aromatic N) is 1. The molecule has 2 aromatic carbocycles. The van der Waals surface area contributed by atoms with Crippen LogP contribution in [0.25, 0.3) is 0 Å². The van der Waals surface area contributed by atoms with Crippen LogP contribution in [0.2, 0.25) is 0 Å². The molecule has 30 heavy (non-hydrogen) atoms. The van der Waals surface area contributed by atoms with Crippen molar-refractivity contribution in [3.8, 4) is 0 Å². The Labute approximate surface area is 178 Å². The summed E-state index contributed by atoms with van der Waals surface area (Å²) in [5, 5.41) is 6.71. The first kappa shape index (κ1) is 20.5. The number of hydrogen-bond donors (Lipinski definition) is 2. The summed E-state index contributed by atoms with van der Waals surface area (Å²) in [6.45, 7) is 3.35. The van der Waals surface area contributed by atoms with E-state index in [-0.39, 0.29) is 11.8 Å². The number of hydrogen-bond acceptors (Lipinski definition) is 3. The maximum Gasteiger partial charge on any atom is 0.245 e. The molecule has 158 valence electrons. The predicted octanol–water partition coefficient (Wildman–Crippen LogP) is 4.55. The highest BCUT2D eigenvalue weighted by molar-refractivity contribution is 5.95. The van der Waals surface area contributed by atoms with Gasteiger partial charge >= 0.3 is 0 Å². The van der Waals surface area contributed by atoms with E-state index in [1.54, 1.807) is 0 Å². The zero-order valence-electron chi connectivity index (χ0n) is 17.7. The van der Waals surface area contributed by atoms with Crippen molar-refractivity contribution in [1.29, 1.82) is 0 Å². The van der Waals surface area contributed by atoms with Crippen LogP contribution in [0.4, 0.5) is 11.4 Å². The van der Waals surface area contributed by atoms with Crippen LogP contribution in [0.5, 0.6) is 0 Å². The number of nitrogens with one attached hydrogen (secondary N) is 2. The number of aryl methyl sites for hydroxylation is 1. The van der Waals surface area contributed by atoms with Gasteiger partial charge in [-0.25, -0.2) is 0 Å². The third-order valence-electron chi connectivity index (χ3n) is 6.35. The average molecular weight is 406 g/mol. The molecular weight excluding hydrogens is 374 g/mol.